The Morgan fingerprint density at radius 3 is 2.30 bits per heavy atom. The second-order valence-electron chi connectivity index (χ2n) is 13.7. The number of urea groups is 1. The Kier molecular flexibility index (Phi) is 12.8. The van der Waals surface area contributed by atoms with Gasteiger partial charge in [0, 0.05) is 38.0 Å². The highest BCUT2D eigenvalue weighted by Crippen LogP contribution is 2.37. The summed E-state index contributed by atoms with van der Waals surface area (Å²) in [7, 11) is 0. The molecule has 1 aliphatic heterocycles. The van der Waals surface area contributed by atoms with Crippen LogP contribution in [-0.4, -0.2) is 112 Å². The maximum Gasteiger partial charge on any atom is 0.490 e. The number of aliphatic hydroxyl groups excluding tert-OH is 1. The Hall–Kier alpha value is -5.98. The lowest BCUT2D eigenvalue weighted by molar-refractivity contribution is -0.209. The maximum absolute atomic E-state index is 13.3. The summed E-state index contributed by atoms with van der Waals surface area (Å²) in [5.41, 5.74) is 2.59. The summed E-state index contributed by atoms with van der Waals surface area (Å²) in [6, 6.07) is 16.6. The number of halogens is 3. The van der Waals surface area contributed by atoms with Crippen LogP contribution in [0.3, 0.4) is 0 Å². The molecule has 5 atom stereocenters. The molecule has 3 heterocycles. The zero-order valence-electron chi connectivity index (χ0n) is 31.2. The number of nitrogens with zero attached hydrogens (tertiary/aromatic N) is 5. The molecule has 2 aromatic heterocycles. The zero-order chi connectivity index (χ0) is 40.7. The molecule has 0 bridgehead atoms. The van der Waals surface area contributed by atoms with Crippen LogP contribution in [0.4, 0.5) is 29.7 Å². The molecule has 1 aliphatic carbocycles. The van der Waals surface area contributed by atoms with Gasteiger partial charge in [-0.2, -0.15) is 23.1 Å². The number of alkyl halides is 3. The van der Waals surface area contributed by atoms with Gasteiger partial charge in [0.05, 0.1) is 25.0 Å². The van der Waals surface area contributed by atoms with Gasteiger partial charge in [0.2, 0.25) is 11.9 Å². The molecule has 1 saturated heterocycles. The molecule has 6 rings (SSSR count). The monoisotopic (exact) mass is 795 g/mol. The van der Waals surface area contributed by atoms with Crippen molar-refractivity contribution in [3.8, 4) is 0 Å². The quantitative estimate of drug-likeness (QED) is 0.117. The minimum atomic E-state index is -5.33. The smallest absolute Gasteiger partial charge is 0.465 e. The van der Waals surface area contributed by atoms with E-state index in [1.54, 1.807) is 13.8 Å². The summed E-state index contributed by atoms with van der Waals surface area (Å²) in [5, 5.41) is 22.8. The molecule has 57 heavy (non-hydrogen) atoms. The number of rotatable bonds is 14. The van der Waals surface area contributed by atoms with E-state index in [4.69, 9.17) is 19.4 Å². The number of hydrogen-bond acceptors (Lipinski definition) is 12. The van der Waals surface area contributed by atoms with Crippen molar-refractivity contribution in [1.82, 2.24) is 35.5 Å². The lowest BCUT2D eigenvalue weighted by atomic mass is 9.91. The van der Waals surface area contributed by atoms with Crippen molar-refractivity contribution in [1.29, 1.82) is 0 Å². The molecule has 2 fully saturated rings. The predicted molar refractivity (Wildman–Crippen MR) is 200 cm³/mol. The van der Waals surface area contributed by atoms with Crippen molar-refractivity contribution in [2.75, 3.05) is 43.0 Å². The SMILES string of the molecule is CCOC(=O)CNC(=O)N[C@@H]1CCN(c2nc(NCC(c3ccccc3)c3ccccc3)c3ncn([C@@H]4C[C@H](NC(=O)CC)[C@@H](OC(=O)C(F)(F)F)[C@H]4O)c3n2)C1. The number of ether oxygens (including phenoxy) is 2. The first-order valence-electron chi connectivity index (χ1n) is 18.6. The number of imidazole rings is 1. The van der Waals surface area contributed by atoms with E-state index < -0.39 is 54.3 Å². The molecule has 0 spiro atoms. The first-order chi connectivity index (χ1) is 27.4. The highest BCUT2D eigenvalue weighted by molar-refractivity contribution is 5.85. The highest BCUT2D eigenvalue weighted by atomic mass is 19.4. The van der Waals surface area contributed by atoms with Crippen LogP contribution in [0.5, 0.6) is 0 Å². The average molecular weight is 796 g/mol. The van der Waals surface area contributed by atoms with Crippen LogP contribution in [0.25, 0.3) is 11.2 Å². The molecule has 2 aliphatic rings. The third-order valence-corrected chi connectivity index (χ3v) is 9.91. The Labute approximate surface area is 325 Å². The van der Waals surface area contributed by atoms with Crippen LogP contribution >= 0.6 is 0 Å². The Morgan fingerprint density at radius 1 is 0.982 bits per heavy atom. The molecule has 2 aromatic carbocycles. The lowest BCUT2D eigenvalue weighted by Gasteiger charge is -2.24. The van der Waals surface area contributed by atoms with Gasteiger partial charge in [0.15, 0.2) is 23.1 Å². The highest BCUT2D eigenvalue weighted by Gasteiger charge is 2.51. The Bertz CT molecular complexity index is 2000. The fraction of sp³-hybridized carbons (Fsp3) is 0.447. The number of fused-ring (bicyclic) bond motifs is 1. The molecule has 0 unspecified atom stereocenters. The number of benzene rings is 2. The minimum Gasteiger partial charge on any atom is -0.465 e. The number of anilines is 2. The van der Waals surface area contributed by atoms with E-state index in [0.29, 0.717) is 30.8 Å². The first kappa shape index (κ1) is 40.7. The van der Waals surface area contributed by atoms with Crippen molar-refractivity contribution in [3.05, 3.63) is 78.1 Å². The molecule has 0 radical (unpaired) electrons. The minimum absolute atomic E-state index is 0.00250. The zero-order valence-corrected chi connectivity index (χ0v) is 31.2. The van der Waals surface area contributed by atoms with Crippen LogP contribution in [-0.2, 0) is 23.9 Å². The van der Waals surface area contributed by atoms with Gasteiger partial charge >= 0.3 is 24.1 Å². The van der Waals surface area contributed by atoms with Gasteiger partial charge in [0.25, 0.3) is 0 Å². The van der Waals surface area contributed by atoms with E-state index >= 15 is 0 Å². The fourth-order valence-electron chi connectivity index (χ4n) is 7.13. The average Bonchev–Trinajstić information content (AvgIpc) is 3.92. The van der Waals surface area contributed by atoms with Crippen LogP contribution in [0.15, 0.2) is 67.0 Å². The van der Waals surface area contributed by atoms with E-state index in [-0.39, 0.29) is 56.1 Å². The van der Waals surface area contributed by atoms with Gasteiger partial charge in [-0.3, -0.25) is 9.59 Å². The summed E-state index contributed by atoms with van der Waals surface area (Å²) < 4.78 is 51.0. The fourth-order valence-corrected chi connectivity index (χ4v) is 7.13. The van der Waals surface area contributed by atoms with Gasteiger partial charge in [-0.1, -0.05) is 67.6 Å². The molecule has 304 valence electrons. The van der Waals surface area contributed by atoms with E-state index in [1.807, 2.05) is 65.6 Å². The third-order valence-electron chi connectivity index (χ3n) is 9.91. The summed E-state index contributed by atoms with van der Waals surface area (Å²) in [6.45, 7) is 4.17. The van der Waals surface area contributed by atoms with E-state index in [1.165, 1.54) is 10.9 Å². The number of carbonyl (C=O) groups excluding carboxylic acids is 4. The Morgan fingerprint density at radius 2 is 1.67 bits per heavy atom. The van der Waals surface area contributed by atoms with Gasteiger partial charge in [0.1, 0.15) is 12.6 Å². The molecular formula is C38H44F3N9O7. The van der Waals surface area contributed by atoms with Gasteiger partial charge in [-0.05, 0) is 30.9 Å². The molecule has 5 N–H and O–H groups in total. The normalized spacial score (nSPS) is 20.7. The maximum atomic E-state index is 13.3. The van der Waals surface area contributed by atoms with Crippen LogP contribution < -0.4 is 26.2 Å². The molecule has 3 amide bonds. The molecule has 1 saturated carbocycles. The molecule has 16 nitrogen and oxygen atoms in total. The number of hydrogen-bond donors (Lipinski definition) is 5. The van der Waals surface area contributed by atoms with Crippen LogP contribution in [0.2, 0.25) is 0 Å². The Balaban J connectivity index is 1.33. The van der Waals surface area contributed by atoms with Crippen molar-refractivity contribution in [2.45, 2.75) is 75.5 Å². The third kappa shape index (κ3) is 9.70. The summed E-state index contributed by atoms with van der Waals surface area (Å²) >= 11 is 0. The van der Waals surface area contributed by atoms with E-state index in [2.05, 4.69) is 26.3 Å². The summed E-state index contributed by atoms with van der Waals surface area (Å²) in [6.07, 6.45) is -6.98. The largest absolute Gasteiger partial charge is 0.490 e. The van der Waals surface area contributed by atoms with Gasteiger partial charge in [-0.15, -0.1) is 0 Å². The van der Waals surface area contributed by atoms with Crippen molar-refractivity contribution in [2.24, 2.45) is 0 Å². The number of amides is 3. The van der Waals surface area contributed by atoms with Crippen LogP contribution in [0, 0.1) is 0 Å². The molecule has 4 aromatic rings. The standard InChI is InChI=1S/C38H44F3N9O7/c1-3-28(51)46-26-17-27(31(53)32(26)57-35(54)38(39,40)41)50-21-44-30-33(42-18-25(22-11-7-5-8-12-22)23-13-9-6-10-14-23)47-36(48-34(30)50)49-16-15-24(20-49)45-37(55)43-19-29(52)56-4-2/h5-14,21,24-27,31-32,53H,3-4,15-20H2,1-2H3,(H,46,51)(H,42,47,48)(H2,43,45,55)/t24-,26+,27-,31+,32-/m1/s1. The van der Waals surface area contributed by atoms with Gasteiger partial charge in [-0.25, -0.2) is 14.6 Å². The second-order valence-corrected chi connectivity index (χ2v) is 13.7. The van der Waals surface area contributed by atoms with Crippen LogP contribution in [0.1, 0.15) is 56.2 Å². The number of esters is 2. The number of aliphatic hydroxyl groups is 1. The van der Waals surface area contributed by atoms with Crippen molar-refractivity contribution < 1.29 is 46.9 Å². The lowest BCUT2D eigenvalue weighted by Crippen LogP contribution is -2.47. The topological polar surface area (TPSA) is 202 Å². The predicted octanol–water partition coefficient (Wildman–Crippen LogP) is 3.19. The number of nitrogens with one attached hydrogen (secondary N) is 4. The van der Waals surface area contributed by atoms with E-state index in [0.717, 1.165) is 11.1 Å². The number of aromatic nitrogens is 4. The van der Waals surface area contributed by atoms with E-state index in [9.17, 15) is 37.5 Å². The number of carbonyl (C=O) groups is 4. The molecule has 19 heteroatoms. The molecular weight excluding hydrogens is 751 g/mol. The summed E-state index contributed by atoms with van der Waals surface area (Å²) in [4.78, 5) is 64.8. The second kappa shape index (κ2) is 17.9. The van der Waals surface area contributed by atoms with Gasteiger partial charge < -0.3 is 45.3 Å². The summed E-state index contributed by atoms with van der Waals surface area (Å²) in [5.74, 6) is -3.13. The van der Waals surface area contributed by atoms with Crippen molar-refractivity contribution >= 4 is 46.8 Å². The van der Waals surface area contributed by atoms with Crippen molar-refractivity contribution in [3.63, 3.8) is 0 Å². The first-order valence-corrected chi connectivity index (χ1v) is 18.6.